The summed E-state index contributed by atoms with van der Waals surface area (Å²) < 4.78 is 10.5. The summed E-state index contributed by atoms with van der Waals surface area (Å²) in [5, 5.41) is 0. The summed E-state index contributed by atoms with van der Waals surface area (Å²) in [6.45, 7) is 2.15. The van der Waals surface area contributed by atoms with Gasteiger partial charge in [-0.1, -0.05) is 6.92 Å². The van der Waals surface area contributed by atoms with E-state index in [-0.39, 0.29) is 5.54 Å². The molecule has 3 heteroatoms. The van der Waals surface area contributed by atoms with Gasteiger partial charge in [-0.2, -0.15) is 0 Å². The maximum absolute atomic E-state index is 6.28. The minimum atomic E-state index is -0.222. The molecule has 0 bridgehead atoms. The molecule has 2 atom stereocenters. The van der Waals surface area contributed by atoms with Crippen molar-refractivity contribution in [2.75, 3.05) is 14.2 Å². The highest BCUT2D eigenvalue weighted by Gasteiger charge is 2.50. The van der Waals surface area contributed by atoms with Gasteiger partial charge in [0, 0.05) is 11.1 Å². The maximum Gasteiger partial charge on any atom is 0.124 e. The molecule has 82 valence electrons. The number of hydrogen-bond acceptors (Lipinski definition) is 3. The van der Waals surface area contributed by atoms with Gasteiger partial charge in [0.05, 0.1) is 14.2 Å². The van der Waals surface area contributed by atoms with Gasteiger partial charge in [-0.3, -0.25) is 0 Å². The zero-order chi connectivity index (χ0) is 11.1. The van der Waals surface area contributed by atoms with Crippen molar-refractivity contribution in [1.82, 2.24) is 0 Å². The number of rotatable bonds is 3. The van der Waals surface area contributed by atoms with E-state index in [1.165, 1.54) is 0 Å². The van der Waals surface area contributed by atoms with Crippen LogP contribution in [0.15, 0.2) is 18.2 Å². The van der Waals surface area contributed by atoms with Crippen LogP contribution >= 0.6 is 0 Å². The average molecular weight is 207 g/mol. The maximum atomic E-state index is 6.28. The van der Waals surface area contributed by atoms with Crippen LogP contribution in [-0.4, -0.2) is 14.2 Å². The van der Waals surface area contributed by atoms with Crippen LogP contribution in [0, 0.1) is 5.92 Å². The molecule has 0 heterocycles. The molecular formula is C12H17NO2. The lowest BCUT2D eigenvalue weighted by molar-refractivity contribution is 0.392. The first-order valence-corrected chi connectivity index (χ1v) is 5.13. The number of nitrogens with two attached hydrogens (primary N) is 1. The van der Waals surface area contributed by atoms with Crippen molar-refractivity contribution in [3.8, 4) is 11.5 Å². The molecule has 2 unspecified atom stereocenters. The van der Waals surface area contributed by atoms with Gasteiger partial charge in [0.2, 0.25) is 0 Å². The molecule has 1 fully saturated rings. The summed E-state index contributed by atoms with van der Waals surface area (Å²) in [7, 11) is 3.33. The third-order valence-electron chi connectivity index (χ3n) is 3.27. The van der Waals surface area contributed by atoms with E-state index in [0.29, 0.717) is 5.92 Å². The normalized spacial score (nSPS) is 28.7. The zero-order valence-electron chi connectivity index (χ0n) is 9.41. The standard InChI is InChI=1S/C12H17NO2/c1-8-7-12(8,13)10-6-9(14-2)4-5-11(10)15-3/h4-6,8H,7,13H2,1-3H3. The van der Waals surface area contributed by atoms with Gasteiger partial charge in [0.1, 0.15) is 11.5 Å². The second-order valence-corrected chi connectivity index (χ2v) is 4.21. The molecule has 0 saturated heterocycles. The molecule has 1 aliphatic rings. The van der Waals surface area contributed by atoms with Gasteiger partial charge in [-0.05, 0) is 30.5 Å². The smallest absolute Gasteiger partial charge is 0.124 e. The van der Waals surface area contributed by atoms with E-state index >= 15 is 0 Å². The van der Waals surface area contributed by atoms with Crippen molar-refractivity contribution in [3.05, 3.63) is 23.8 Å². The van der Waals surface area contributed by atoms with Crippen molar-refractivity contribution < 1.29 is 9.47 Å². The molecular weight excluding hydrogens is 190 g/mol. The highest BCUT2D eigenvalue weighted by molar-refractivity contribution is 5.47. The molecule has 15 heavy (non-hydrogen) atoms. The Morgan fingerprint density at radius 3 is 2.47 bits per heavy atom. The lowest BCUT2D eigenvalue weighted by atomic mass is 10.0. The monoisotopic (exact) mass is 207 g/mol. The van der Waals surface area contributed by atoms with Crippen molar-refractivity contribution in [1.29, 1.82) is 0 Å². The van der Waals surface area contributed by atoms with E-state index in [1.54, 1.807) is 14.2 Å². The van der Waals surface area contributed by atoms with E-state index in [2.05, 4.69) is 6.92 Å². The zero-order valence-corrected chi connectivity index (χ0v) is 9.41. The second kappa shape index (κ2) is 3.42. The largest absolute Gasteiger partial charge is 0.497 e. The van der Waals surface area contributed by atoms with Gasteiger partial charge < -0.3 is 15.2 Å². The van der Waals surface area contributed by atoms with Crippen molar-refractivity contribution in [2.45, 2.75) is 18.9 Å². The van der Waals surface area contributed by atoms with Crippen molar-refractivity contribution >= 4 is 0 Å². The molecule has 1 aliphatic carbocycles. The highest BCUT2D eigenvalue weighted by Crippen LogP contribution is 2.52. The summed E-state index contributed by atoms with van der Waals surface area (Å²) >= 11 is 0. The SMILES string of the molecule is COc1ccc(OC)c(C2(N)CC2C)c1. The van der Waals surface area contributed by atoms with Gasteiger partial charge in [0.15, 0.2) is 0 Å². The first-order chi connectivity index (χ1) is 7.11. The average Bonchev–Trinajstić information content (AvgIpc) is 2.87. The predicted molar refractivity (Wildman–Crippen MR) is 59.2 cm³/mol. The van der Waals surface area contributed by atoms with Gasteiger partial charge in [-0.15, -0.1) is 0 Å². The first-order valence-electron chi connectivity index (χ1n) is 5.13. The van der Waals surface area contributed by atoms with Crippen molar-refractivity contribution in [2.24, 2.45) is 11.7 Å². The molecule has 0 spiro atoms. The van der Waals surface area contributed by atoms with Gasteiger partial charge in [0.25, 0.3) is 0 Å². The Bertz CT molecular complexity index is 378. The van der Waals surface area contributed by atoms with Gasteiger partial charge >= 0.3 is 0 Å². The Kier molecular flexibility index (Phi) is 2.35. The molecule has 3 nitrogen and oxygen atoms in total. The fraction of sp³-hybridized carbons (Fsp3) is 0.500. The first kappa shape index (κ1) is 10.3. The van der Waals surface area contributed by atoms with Crippen LogP contribution in [0.25, 0.3) is 0 Å². The van der Waals surface area contributed by atoms with E-state index in [1.807, 2.05) is 18.2 Å². The minimum Gasteiger partial charge on any atom is -0.497 e. The second-order valence-electron chi connectivity index (χ2n) is 4.21. The molecule has 0 amide bonds. The summed E-state index contributed by atoms with van der Waals surface area (Å²) in [5.41, 5.74) is 7.11. The fourth-order valence-corrected chi connectivity index (χ4v) is 2.00. The Hall–Kier alpha value is -1.22. The van der Waals surface area contributed by atoms with E-state index in [4.69, 9.17) is 15.2 Å². The Morgan fingerprint density at radius 1 is 1.33 bits per heavy atom. The van der Waals surface area contributed by atoms with Crippen LogP contribution in [0.4, 0.5) is 0 Å². The third-order valence-corrected chi connectivity index (χ3v) is 3.27. The molecule has 1 aromatic rings. The third kappa shape index (κ3) is 1.57. The Balaban J connectivity index is 2.43. The van der Waals surface area contributed by atoms with Crippen LogP contribution < -0.4 is 15.2 Å². The topological polar surface area (TPSA) is 44.5 Å². The van der Waals surface area contributed by atoms with Crippen LogP contribution in [0.5, 0.6) is 11.5 Å². The van der Waals surface area contributed by atoms with E-state index < -0.39 is 0 Å². The highest BCUT2D eigenvalue weighted by atomic mass is 16.5. The van der Waals surface area contributed by atoms with Crippen LogP contribution in [0.3, 0.4) is 0 Å². The lowest BCUT2D eigenvalue weighted by Gasteiger charge is -2.16. The van der Waals surface area contributed by atoms with Gasteiger partial charge in [-0.25, -0.2) is 0 Å². The Morgan fingerprint density at radius 2 is 2.00 bits per heavy atom. The molecule has 1 saturated carbocycles. The molecule has 2 N–H and O–H groups in total. The molecule has 0 aromatic heterocycles. The molecule has 2 rings (SSSR count). The van der Waals surface area contributed by atoms with Crippen LogP contribution in [0.1, 0.15) is 18.9 Å². The lowest BCUT2D eigenvalue weighted by Crippen LogP contribution is -2.22. The number of benzene rings is 1. The number of methoxy groups -OCH3 is 2. The predicted octanol–water partition coefficient (Wildman–Crippen LogP) is 1.90. The summed E-state index contributed by atoms with van der Waals surface area (Å²) in [4.78, 5) is 0. The Labute approximate surface area is 90.2 Å². The fourth-order valence-electron chi connectivity index (χ4n) is 2.00. The minimum absolute atomic E-state index is 0.222. The van der Waals surface area contributed by atoms with E-state index in [0.717, 1.165) is 23.5 Å². The summed E-state index contributed by atoms with van der Waals surface area (Å²) in [6.07, 6.45) is 1.01. The van der Waals surface area contributed by atoms with Crippen molar-refractivity contribution in [3.63, 3.8) is 0 Å². The number of hydrogen-bond donors (Lipinski definition) is 1. The summed E-state index contributed by atoms with van der Waals surface area (Å²) in [6, 6.07) is 5.77. The molecule has 1 aromatic carbocycles. The summed E-state index contributed by atoms with van der Waals surface area (Å²) in [5.74, 6) is 2.19. The molecule has 0 radical (unpaired) electrons. The van der Waals surface area contributed by atoms with Crippen LogP contribution in [0.2, 0.25) is 0 Å². The number of ether oxygens (including phenoxy) is 2. The van der Waals surface area contributed by atoms with E-state index in [9.17, 15) is 0 Å². The quantitative estimate of drug-likeness (QED) is 0.823. The molecule has 0 aliphatic heterocycles. The van der Waals surface area contributed by atoms with Crippen LogP contribution in [-0.2, 0) is 5.54 Å².